The lowest BCUT2D eigenvalue weighted by molar-refractivity contribution is -0.140. The van der Waals surface area contributed by atoms with Crippen molar-refractivity contribution in [3.63, 3.8) is 0 Å². The summed E-state index contributed by atoms with van der Waals surface area (Å²) in [5, 5.41) is 7.59. The summed E-state index contributed by atoms with van der Waals surface area (Å²) in [5.41, 5.74) is 1.43. The van der Waals surface area contributed by atoms with Crippen LogP contribution in [0.25, 0.3) is 5.70 Å². The van der Waals surface area contributed by atoms with E-state index in [0.717, 1.165) is 42.7 Å². The molecular weight excluding hydrogens is 360 g/mol. The van der Waals surface area contributed by atoms with Gasteiger partial charge in [0.15, 0.2) is 0 Å². The zero-order valence-corrected chi connectivity index (χ0v) is 14.7. The first-order valence-electron chi connectivity index (χ1n) is 8.73. The van der Waals surface area contributed by atoms with E-state index in [2.05, 4.69) is 22.0 Å². The van der Waals surface area contributed by atoms with Gasteiger partial charge in [0, 0.05) is 17.7 Å². The topological polar surface area (TPSA) is 42.7 Å². The third-order valence-electron chi connectivity index (χ3n) is 5.12. The van der Waals surface area contributed by atoms with Crippen molar-refractivity contribution in [3.8, 4) is 0 Å². The van der Waals surface area contributed by atoms with E-state index in [9.17, 15) is 17.6 Å². The normalized spacial score (nSPS) is 17.6. The lowest BCUT2D eigenvalue weighted by Gasteiger charge is -2.34. The quantitative estimate of drug-likeness (QED) is 0.770. The zero-order chi connectivity index (χ0) is 19.3. The number of alkyl halides is 3. The number of aromatic nitrogens is 3. The summed E-state index contributed by atoms with van der Waals surface area (Å²) in [6.07, 6.45) is -1.41. The van der Waals surface area contributed by atoms with Crippen LogP contribution in [0, 0.1) is 18.7 Å². The number of rotatable bonds is 3. The molecule has 0 atom stereocenters. The Morgan fingerprint density at radius 2 is 2.04 bits per heavy atom. The van der Waals surface area contributed by atoms with Crippen molar-refractivity contribution >= 4 is 11.6 Å². The molecule has 2 heterocycles. The van der Waals surface area contributed by atoms with Crippen LogP contribution >= 0.6 is 0 Å². The summed E-state index contributed by atoms with van der Waals surface area (Å²) in [5.74, 6) is 0.173. The third kappa shape index (κ3) is 3.13. The van der Waals surface area contributed by atoms with Crippen LogP contribution in [0.15, 0.2) is 36.0 Å². The molecule has 0 amide bonds. The minimum atomic E-state index is -4.73. The lowest BCUT2D eigenvalue weighted by atomic mass is 9.79. The van der Waals surface area contributed by atoms with Gasteiger partial charge >= 0.3 is 6.18 Å². The maximum atomic E-state index is 13.6. The predicted molar refractivity (Wildman–Crippen MR) is 93.2 cm³/mol. The second-order valence-electron chi connectivity index (χ2n) is 6.97. The predicted octanol–water partition coefficient (Wildman–Crippen LogP) is 4.94. The Hall–Kier alpha value is -2.64. The molecule has 0 radical (unpaired) electrons. The van der Waals surface area contributed by atoms with E-state index in [0.29, 0.717) is 29.0 Å². The smallest absolute Gasteiger partial charge is 0.327 e. The number of hydrogen-bond acceptors (Lipinski definition) is 3. The van der Waals surface area contributed by atoms with E-state index in [-0.39, 0.29) is 6.42 Å². The molecule has 0 bridgehead atoms. The van der Waals surface area contributed by atoms with Gasteiger partial charge in [0.05, 0.1) is 11.3 Å². The molecule has 0 spiro atoms. The first-order chi connectivity index (χ1) is 12.7. The van der Waals surface area contributed by atoms with E-state index in [1.165, 1.54) is 6.07 Å². The third-order valence-corrected chi connectivity index (χ3v) is 5.12. The molecule has 142 valence electrons. The number of anilines is 1. The molecule has 1 aromatic carbocycles. The fourth-order valence-electron chi connectivity index (χ4n) is 3.51. The molecule has 1 N–H and O–H groups in total. The van der Waals surface area contributed by atoms with Crippen LogP contribution in [0.2, 0.25) is 0 Å². The molecule has 8 heteroatoms. The molecule has 2 aromatic rings. The number of benzene rings is 1. The van der Waals surface area contributed by atoms with Gasteiger partial charge in [-0.2, -0.15) is 22.8 Å². The SMILES string of the molecule is C=C1C(Cc2ccc(F)c(C(F)(F)F)c2)=C(C2CCC2)Nc2nc(C)nn21. The van der Waals surface area contributed by atoms with Crippen LogP contribution < -0.4 is 5.32 Å². The highest BCUT2D eigenvalue weighted by molar-refractivity contribution is 5.72. The highest BCUT2D eigenvalue weighted by Crippen LogP contribution is 2.41. The number of nitrogens with one attached hydrogen (secondary N) is 1. The average molecular weight is 378 g/mol. The number of nitrogens with zero attached hydrogens (tertiary/aromatic N) is 3. The first kappa shape index (κ1) is 17.8. The minimum Gasteiger partial charge on any atom is -0.327 e. The second-order valence-corrected chi connectivity index (χ2v) is 6.97. The standard InChI is InChI=1S/C19H18F4N4/c1-10-14(8-12-6-7-16(20)15(9-12)19(21,22)23)17(13-4-3-5-13)25-18-24-11(2)26-27(10)18/h6-7,9,13H,1,3-5,8H2,2H3,(H,24,25,26). The van der Waals surface area contributed by atoms with Gasteiger partial charge < -0.3 is 5.32 Å². The number of hydrogen-bond donors (Lipinski definition) is 1. The Labute approximate surface area is 153 Å². The van der Waals surface area contributed by atoms with E-state index < -0.39 is 17.6 Å². The zero-order valence-electron chi connectivity index (χ0n) is 14.7. The van der Waals surface area contributed by atoms with Crippen LogP contribution in [-0.2, 0) is 12.6 Å². The van der Waals surface area contributed by atoms with Crippen LogP contribution in [0.4, 0.5) is 23.5 Å². The van der Waals surface area contributed by atoms with Crippen molar-refractivity contribution in [2.75, 3.05) is 5.32 Å². The summed E-state index contributed by atoms with van der Waals surface area (Å²) in [7, 11) is 0. The van der Waals surface area contributed by atoms with Crippen LogP contribution in [0.5, 0.6) is 0 Å². The van der Waals surface area contributed by atoms with E-state index in [1.807, 2.05) is 0 Å². The Balaban J connectivity index is 1.74. The number of halogens is 4. The molecule has 27 heavy (non-hydrogen) atoms. The number of allylic oxidation sites excluding steroid dienone is 3. The molecule has 1 fully saturated rings. The molecule has 0 saturated heterocycles. The van der Waals surface area contributed by atoms with Gasteiger partial charge in [-0.3, -0.25) is 0 Å². The van der Waals surface area contributed by atoms with Crippen molar-refractivity contribution in [1.82, 2.24) is 14.8 Å². The van der Waals surface area contributed by atoms with Crippen molar-refractivity contribution in [2.24, 2.45) is 5.92 Å². The lowest BCUT2D eigenvalue weighted by Crippen LogP contribution is -2.27. The monoisotopic (exact) mass is 378 g/mol. The van der Waals surface area contributed by atoms with Crippen molar-refractivity contribution < 1.29 is 17.6 Å². The van der Waals surface area contributed by atoms with Gasteiger partial charge in [-0.05, 0) is 43.4 Å². The Kier molecular flexibility index (Phi) is 4.09. The molecule has 1 aromatic heterocycles. The van der Waals surface area contributed by atoms with Crippen LogP contribution in [0.3, 0.4) is 0 Å². The van der Waals surface area contributed by atoms with Gasteiger partial charge in [0.25, 0.3) is 0 Å². The minimum absolute atomic E-state index is 0.208. The van der Waals surface area contributed by atoms with Crippen LogP contribution in [0.1, 0.15) is 36.2 Å². The summed E-state index contributed by atoms with van der Waals surface area (Å²) in [6.45, 7) is 5.85. The van der Waals surface area contributed by atoms with Gasteiger partial charge in [-0.25, -0.2) is 4.39 Å². The molecule has 1 aliphatic heterocycles. The van der Waals surface area contributed by atoms with Crippen molar-refractivity contribution in [1.29, 1.82) is 0 Å². The Morgan fingerprint density at radius 1 is 1.30 bits per heavy atom. The van der Waals surface area contributed by atoms with E-state index in [4.69, 9.17) is 0 Å². The summed E-state index contributed by atoms with van der Waals surface area (Å²) < 4.78 is 54.3. The number of aryl methyl sites for hydroxylation is 1. The van der Waals surface area contributed by atoms with Crippen molar-refractivity contribution in [3.05, 3.63) is 58.8 Å². The second kappa shape index (κ2) is 6.21. The molecule has 4 rings (SSSR count). The highest BCUT2D eigenvalue weighted by Gasteiger charge is 2.35. The molecule has 0 unspecified atom stereocenters. The molecule has 4 nitrogen and oxygen atoms in total. The molecule has 1 aliphatic carbocycles. The largest absolute Gasteiger partial charge is 0.419 e. The highest BCUT2D eigenvalue weighted by atomic mass is 19.4. The fraction of sp³-hybridized carbons (Fsp3) is 0.368. The van der Waals surface area contributed by atoms with E-state index >= 15 is 0 Å². The van der Waals surface area contributed by atoms with Gasteiger partial charge in [-0.15, -0.1) is 5.10 Å². The summed E-state index contributed by atoms with van der Waals surface area (Å²) >= 11 is 0. The summed E-state index contributed by atoms with van der Waals surface area (Å²) in [6, 6.07) is 3.12. The molecule has 1 saturated carbocycles. The molecular formula is C19H18F4N4. The Morgan fingerprint density at radius 3 is 2.67 bits per heavy atom. The maximum absolute atomic E-state index is 13.6. The molecule has 2 aliphatic rings. The first-order valence-corrected chi connectivity index (χ1v) is 8.73. The van der Waals surface area contributed by atoms with Crippen LogP contribution in [-0.4, -0.2) is 14.8 Å². The van der Waals surface area contributed by atoms with Gasteiger partial charge in [0.2, 0.25) is 5.95 Å². The van der Waals surface area contributed by atoms with Gasteiger partial charge in [0.1, 0.15) is 11.6 Å². The van der Waals surface area contributed by atoms with E-state index in [1.54, 1.807) is 11.6 Å². The number of fused-ring (bicyclic) bond motifs is 1. The maximum Gasteiger partial charge on any atom is 0.419 e. The van der Waals surface area contributed by atoms with Gasteiger partial charge in [-0.1, -0.05) is 19.1 Å². The Bertz CT molecular complexity index is 951. The van der Waals surface area contributed by atoms with Crippen molar-refractivity contribution in [2.45, 2.75) is 38.8 Å². The fourth-order valence-corrected chi connectivity index (χ4v) is 3.51. The summed E-state index contributed by atoms with van der Waals surface area (Å²) in [4.78, 5) is 4.34. The average Bonchev–Trinajstić information content (AvgIpc) is 2.90.